The number of hydrogen-bond acceptors (Lipinski definition) is 2. The van der Waals surface area contributed by atoms with Crippen molar-refractivity contribution in [2.24, 2.45) is 7.05 Å². The molecule has 1 aromatic carbocycles. The number of pyridine rings is 1. The summed E-state index contributed by atoms with van der Waals surface area (Å²) in [6.45, 7) is 1.28. The molecule has 1 aliphatic rings. The molecule has 3 nitrogen and oxygen atoms in total. The van der Waals surface area contributed by atoms with E-state index in [-0.39, 0.29) is 23.6 Å². The topological polar surface area (TPSA) is 25.2 Å². The Morgan fingerprint density at radius 1 is 1.15 bits per heavy atom. The summed E-state index contributed by atoms with van der Waals surface area (Å²) in [6, 6.07) is 7.02. The van der Waals surface area contributed by atoms with Gasteiger partial charge < -0.3 is 4.57 Å². The van der Waals surface area contributed by atoms with E-state index < -0.39 is 17.6 Å². The molecule has 0 N–H and O–H groups in total. The first-order valence-electron chi connectivity index (χ1n) is 8.49. The third-order valence-corrected chi connectivity index (χ3v) is 4.96. The fourth-order valence-corrected chi connectivity index (χ4v) is 3.50. The standard InChI is InChI=1S/C19H20F4N2O/c1-24-8-5-14(11-17(24)26)13-6-9-25(10-7-13)12-15-3-2-4-16(20)18(15)19(21,22)23/h2-5,8,11,13H,6-7,9-10,12H2,1H3. The zero-order valence-electron chi connectivity index (χ0n) is 14.4. The van der Waals surface area contributed by atoms with Crippen LogP contribution in [0.3, 0.4) is 0 Å². The summed E-state index contributed by atoms with van der Waals surface area (Å²) < 4.78 is 54.6. The summed E-state index contributed by atoms with van der Waals surface area (Å²) in [7, 11) is 1.69. The largest absolute Gasteiger partial charge is 0.419 e. The number of likely N-dealkylation sites (tertiary alicyclic amines) is 1. The lowest BCUT2D eigenvalue weighted by Gasteiger charge is -2.32. The van der Waals surface area contributed by atoms with Gasteiger partial charge in [0.05, 0.1) is 5.56 Å². The molecule has 0 unspecified atom stereocenters. The Morgan fingerprint density at radius 3 is 2.46 bits per heavy atom. The quantitative estimate of drug-likeness (QED) is 0.768. The van der Waals surface area contributed by atoms with Crippen molar-refractivity contribution in [2.45, 2.75) is 31.5 Å². The summed E-state index contributed by atoms with van der Waals surface area (Å²) >= 11 is 0. The third kappa shape index (κ3) is 3.98. The van der Waals surface area contributed by atoms with Gasteiger partial charge in [0.2, 0.25) is 0 Å². The molecule has 0 aliphatic carbocycles. The summed E-state index contributed by atoms with van der Waals surface area (Å²) in [6.07, 6.45) is -1.47. The molecule has 140 valence electrons. The van der Waals surface area contributed by atoms with Gasteiger partial charge in [0.1, 0.15) is 5.82 Å². The molecular formula is C19H20F4N2O. The normalized spacial score (nSPS) is 16.8. The predicted molar refractivity (Wildman–Crippen MR) is 90.3 cm³/mol. The van der Waals surface area contributed by atoms with E-state index in [1.165, 1.54) is 16.7 Å². The SMILES string of the molecule is Cn1ccc(C2CCN(Cc3cccc(F)c3C(F)(F)F)CC2)cc1=O. The first-order chi connectivity index (χ1) is 12.3. The van der Waals surface area contributed by atoms with Gasteiger partial charge in [0.15, 0.2) is 0 Å². The molecule has 1 saturated heterocycles. The first-order valence-corrected chi connectivity index (χ1v) is 8.49. The third-order valence-electron chi connectivity index (χ3n) is 4.96. The van der Waals surface area contributed by atoms with Crippen LogP contribution in [0.25, 0.3) is 0 Å². The number of alkyl halides is 3. The molecular weight excluding hydrogens is 348 g/mol. The zero-order valence-corrected chi connectivity index (χ0v) is 14.4. The highest BCUT2D eigenvalue weighted by Gasteiger charge is 2.37. The molecule has 1 fully saturated rings. The predicted octanol–water partition coefficient (Wildman–Crippen LogP) is 3.92. The summed E-state index contributed by atoms with van der Waals surface area (Å²) in [5.74, 6) is -1.01. The van der Waals surface area contributed by atoms with Gasteiger partial charge in [-0.25, -0.2) is 4.39 Å². The highest BCUT2D eigenvalue weighted by Crippen LogP contribution is 2.35. The smallest absolute Gasteiger partial charge is 0.319 e. The summed E-state index contributed by atoms with van der Waals surface area (Å²) in [5, 5.41) is 0. The molecule has 0 spiro atoms. The Hall–Kier alpha value is -2.15. The Morgan fingerprint density at radius 2 is 1.85 bits per heavy atom. The number of halogens is 4. The van der Waals surface area contributed by atoms with Crippen molar-refractivity contribution in [3.8, 4) is 0 Å². The van der Waals surface area contributed by atoms with Crippen LogP contribution in [-0.4, -0.2) is 22.6 Å². The monoisotopic (exact) mass is 368 g/mol. The van der Waals surface area contributed by atoms with Crippen LogP contribution < -0.4 is 5.56 Å². The van der Waals surface area contributed by atoms with Gasteiger partial charge in [0, 0.05) is 25.9 Å². The Kier molecular flexibility index (Phi) is 5.18. The number of aryl methyl sites for hydroxylation is 1. The molecule has 1 aliphatic heterocycles. The molecule has 3 rings (SSSR count). The van der Waals surface area contributed by atoms with Gasteiger partial charge >= 0.3 is 6.18 Å². The number of benzene rings is 1. The second-order valence-electron chi connectivity index (χ2n) is 6.73. The molecule has 0 amide bonds. The van der Waals surface area contributed by atoms with E-state index in [9.17, 15) is 22.4 Å². The molecule has 1 aromatic heterocycles. The molecule has 2 heterocycles. The van der Waals surface area contributed by atoms with Crippen molar-refractivity contribution in [2.75, 3.05) is 13.1 Å². The number of aromatic nitrogens is 1. The molecule has 2 aromatic rings. The molecule has 26 heavy (non-hydrogen) atoms. The average molecular weight is 368 g/mol. The van der Waals surface area contributed by atoms with Crippen LogP contribution >= 0.6 is 0 Å². The van der Waals surface area contributed by atoms with E-state index in [1.807, 2.05) is 11.0 Å². The van der Waals surface area contributed by atoms with E-state index in [2.05, 4.69) is 0 Å². The highest BCUT2D eigenvalue weighted by atomic mass is 19.4. The van der Waals surface area contributed by atoms with Crippen LogP contribution in [0.15, 0.2) is 41.3 Å². The van der Waals surface area contributed by atoms with E-state index in [4.69, 9.17) is 0 Å². The molecule has 7 heteroatoms. The van der Waals surface area contributed by atoms with Crippen LogP contribution in [0, 0.1) is 5.82 Å². The van der Waals surface area contributed by atoms with Crippen LogP contribution in [0.1, 0.15) is 35.4 Å². The summed E-state index contributed by atoms with van der Waals surface area (Å²) in [4.78, 5) is 13.7. The molecule has 0 atom stereocenters. The minimum atomic E-state index is -4.71. The second kappa shape index (κ2) is 7.23. The number of piperidine rings is 1. The average Bonchev–Trinajstić information content (AvgIpc) is 2.57. The molecule has 0 bridgehead atoms. The Balaban J connectivity index is 1.69. The lowest BCUT2D eigenvalue weighted by Crippen LogP contribution is -2.33. The second-order valence-corrected chi connectivity index (χ2v) is 6.73. The highest BCUT2D eigenvalue weighted by molar-refractivity contribution is 5.31. The van der Waals surface area contributed by atoms with E-state index >= 15 is 0 Å². The van der Waals surface area contributed by atoms with Gasteiger partial charge in [-0.15, -0.1) is 0 Å². The van der Waals surface area contributed by atoms with E-state index in [0.717, 1.165) is 24.5 Å². The molecule has 0 radical (unpaired) electrons. The maximum atomic E-state index is 13.7. The minimum absolute atomic E-state index is 0.0375. The molecule has 0 saturated carbocycles. The maximum Gasteiger partial charge on any atom is 0.419 e. The van der Waals surface area contributed by atoms with Crippen molar-refractivity contribution in [1.29, 1.82) is 0 Å². The van der Waals surface area contributed by atoms with Gasteiger partial charge in [-0.05, 0) is 55.1 Å². The van der Waals surface area contributed by atoms with Crippen LogP contribution in [0.4, 0.5) is 17.6 Å². The zero-order chi connectivity index (χ0) is 18.9. The van der Waals surface area contributed by atoms with Gasteiger partial charge in [-0.2, -0.15) is 13.2 Å². The minimum Gasteiger partial charge on any atom is -0.319 e. The van der Waals surface area contributed by atoms with Gasteiger partial charge in [-0.3, -0.25) is 9.69 Å². The van der Waals surface area contributed by atoms with Gasteiger partial charge in [0.25, 0.3) is 5.56 Å². The Labute approximate surface area is 148 Å². The van der Waals surface area contributed by atoms with Crippen molar-refractivity contribution >= 4 is 0 Å². The summed E-state index contributed by atoms with van der Waals surface area (Å²) in [5.41, 5.74) is -0.313. The van der Waals surface area contributed by atoms with Crippen LogP contribution in [0.2, 0.25) is 0 Å². The van der Waals surface area contributed by atoms with E-state index in [1.54, 1.807) is 19.3 Å². The van der Waals surface area contributed by atoms with Crippen molar-refractivity contribution < 1.29 is 17.6 Å². The first kappa shape index (κ1) is 18.6. The van der Waals surface area contributed by atoms with Crippen LogP contribution in [-0.2, 0) is 19.8 Å². The lowest BCUT2D eigenvalue weighted by molar-refractivity contribution is -0.140. The van der Waals surface area contributed by atoms with E-state index in [0.29, 0.717) is 13.1 Å². The maximum absolute atomic E-state index is 13.7. The number of rotatable bonds is 3. The van der Waals surface area contributed by atoms with Crippen molar-refractivity contribution in [1.82, 2.24) is 9.47 Å². The Bertz CT molecular complexity index is 836. The van der Waals surface area contributed by atoms with Crippen molar-refractivity contribution in [3.63, 3.8) is 0 Å². The fraction of sp³-hybridized carbons (Fsp3) is 0.421. The van der Waals surface area contributed by atoms with Crippen LogP contribution in [0.5, 0.6) is 0 Å². The number of hydrogen-bond donors (Lipinski definition) is 0. The van der Waals surface area contributed by atoms with Crippen molar-refractivity contribution in [3.05, 3.63) is 69.4 Å². The lowest BCUT2D eigenvalue weighted by atomic mass is 9.89. The number of nitrogens with zero attached hydrogens (tertiary/aromatic N) is 2. The van der Waals surface area contributed by atoms with Gasteiger partial charge in [-0.1, -0.05) is 12.1 Å². The fourth-order valence-electron chi connectivity index (χ4n) is 3.50.